The number of benzene rings is 2. The third-order valence-corrected chi connectivity index (χ3v) is 5.05. The van der Waals surface area contributed by atoms with Crippen molar-refractivity contribution in [2.75, 3.05) is 5.32 Å². The Bertz CT molecular complexity index is 1220. The molecule has 9 heteroatoms. The minimum Gasteiger partial charge on any atom is -0.487 e. The molecule has 4 rings (SSSR count). The van der Waals surface area contributed by atoms with Crippen LogP contribution in [-0.2, 0) is 13.2 Å². The van der Waals surface area contributed by atoms with Crippen molar-refractivity contribution in [1.29, 1.82) is 0 Å². The van der Waals surface area contributed by atoms with E-state index < -0.39 is 5.91 Å². The fourth-order valence-corrected chi connectivity index (χ4v) is 3.35. The summed E-state index contributed by atoms with van der Waals surface area (Å²) in [5, 5.41) is 12.0. The molecule has 31 heavy (non-hydrogen) atoms. The predicted octanol–water partition coefficient (Wildman–Crippen LogP) is 5.37. The van der Waals surface area contributed by atoms with Gasteiger partial charge in [0, 0.05) is 11.9 Å². The maximum absolute atomic E-state index is 12.8. The van der Waals surface area contributed by atoms with Gasteiger partial charge in [0.1, 0.15) is 18.1 Å². The van der Waals surface area contributed by atoms with Crippen LogP contribution in [0.5, 0.6) is 5.75 Å². The molecule has 4 aromatic rings. The van der Waals surface area contributed by atoms with Crippen LogP contribution in [0.1, 0.15) is 27.4 Å². The van der Waals surface area contributed by atoms with Crippen LogP contribution in [0.2, 0.25) is 10.0 Å². The van der Waals surface area contributed by atoms with Crippen LogP contribution in [-0.4, -0.2) is 20.8 Å². The minimum absolute atomic E-state index is 0.0991. The fraction of sp³-hybridized carbons (Fsp3) is 0.136. The average molecular weight is 457 g/mol. The Kier molecular flexibility index (Phi) is 6.25. The summed E-state index contributed by atoms with van der Waals surface area (Å²) in [4.78, 5) is 12.8. The van der Waals surface area contributed by atoms with Gasteiger partial charge < -0.3 is 14.6 Å². The van der Waals surface area contributed by atoms with Gasteiger partial charge in [-0.15, -0.1) is 0 Å². The van der Waals surface area contributed by atoms with Crippen molar-refractivity contribution in [2.45, 2.75) is 20.1 Å². The molecule has 1 amide bonds. The maximum atomic E-state index is 12.8. The number of nitrogens with one attached hydrogen (secondary N) is 1. The van der Waals surface area contributed by atoms with E-state index in [0.29, 0.717) is 39.4 Å². The van der Waals surface area contributed by atoms with Gasteiger partial charge in [-0.3, -0.25) is 9.48 Å². The van der Waals surface area contributed by atoms with E-state index in [1.165, 1.54) is 0 Å². The number of aryl methyl sites for hydroxylation is 1. The number of halogens is 2. The molecule has 0 spiro atoms. The van der Waals surface area contributed by atoms with Crippen LogP contribution in [0.15, 0.2) is 65.4 Å². The van der Waals surface area contributed by atoms with Gasteiger partial charge in [-0.05, 0) is 36.8 Å². The van der Waals surface area contributed by atoms with Gasteiger partial charge in [0.05, 0.1) is 28.4 Å². The molecule has 7 nitrogen and oxygen atoms in total. The second-order valence-electron chi connectivity index (χ2n) is 6.80. The fourth-order valence-electron chi connectivity index (χ4n) is 3.00. The lowest BCUT2D eigenvalue weighted by Gasteiger charge is -2.09. The highest BCUT2D eigenvalue weighted by molar-refractivity contribution is 6.32. The topological polar surface area (TPSA) is 82.2 Å². The molecule has 0 saturated carbocycles. The first-order valence-electron chi connectivity index (χ1n) is 9.40. The van der Waals surface area contributed by atoms with Crippen molar-refractivity contribution < 1.29 is 14.1 Å². The Morgan fingerprint density at radius 3 is 2.81 bits per heavy atom. The first-order chi connectivity index (χ1) is 15.0. The molecule has 0 aliphatic rings. The summed E-state index contributed by atoms with van der Waals surface area (Å²) in [6, 6.07) is 14.6. The van der Waals surface area contributed by atoms with Crippen LogP contribution in [0.3, 0.4) is 0 Å². The summed E-state index contributed by atoms with van der Waals surface area (Å²) in [6.07, 6.45) is 3.31. The molecule has 2 heterocycles. The number of hydrogen-bond donors (Lipinski definition) is 1. The van der Waals surface area contributed by atoms with Crippen LogP contribution in [0.25, 0.3) is 0 Å². The Morgan fingerprint density at radius 2 is 2.03 bits per heavy atom. The molecule has 2 aromatic heterocycles. The van der Waals surface area contributed by atoms with E-state index in [1.807, 2.05) is 30.3 Å². The normalized spacial score (nSPS) is 10.8. The third-order valence-electron chi connectivity index (χ3n) is 4.54. The molecule has 0 fully saturated rings. The summed E-state index contributed by atoms with van der Waals surface area (Å²) in [6.45, 7) is 2.35. The van der Waals surface area contributed by atoms with E-state index in [1.54, 1.807) is 42.2 Å². The van der Waals surface area contributed by atoms with E-state index in [9.17, 15) is 4.79 Å². The molecule has 0 aliphatic carbocycles. The Balaban J connectivity index is 1.47. The first-order valence-corrected chi connectivity index (χ1v) is 10.2. The van der Waals surface area contributed by atoms with Crippen LogP contribution in [0, 0.1) is 6.92 Å². The van der Waals surface area contributed by atoms with Crippen LogP contribution >= 0.6 is 23.2 Å². The lowest BCUT2D eigenvalue weighted by atomic mass is 10.1. The van der Waals surface area contributed by atoms with Gasteiger partial charge in [0.2, 0.25) is 0 Å². The van der Waals surface area contributed by atoms with Crippen molar-refractivity contribution in [3.8, 4) is 5.75 Å². The summed E-state index contributed by atoms with van der Waals surface area (Å²) >= 11 is 12.0. The lowest BCUT2D eigenvalue weighted by Crippen LogP contribution is -2.15. The van der Waals surface area contributed by atoms with Crippen LogP contribution < -0.4 is 10.1 Å². The van der Waals surface area contributed by atoms with Gasteiger partial charge in [-0.1, -0.05) is 52.6 Å². The molecule has 2 aromatic carbocycles. The monoisotopic (exact) mass is 456 g/mol. The largest absolute Gasteiger partial charge is 0.487 e. The number of amides is 1. The standard InChI is InChI=1S/C22H18Cl2N4O3/c1-14-18(13-30-20-8-3-2-7-19(20)24)21(27-31-14)22(29)26-17-6-4-5-15(9-17)11-28-12-16(23)10-25-28/h2-10,12H,11,13H2,1H3,(H,26,29). The number of anilines is 1. The van der Waals surface area contributed by atoms with Crippen LogP contribution in [0.4, 0.5) is 5.69 Å². The van der Waals surface area contributed by atoms with Crippen molar-refractivity contribution in [1.82, 2.24) is 14.9 Å². The van der Waals surface area contributed by atoms with Crippen molar-refractivity contribution in [2.24, 2.45) is 0 Å². The van der Waals surface area contributed by atoms with E-state index in [-0.39, 0.29) is 12.3 Å². The summed E-state index contributed by atoms with van der Waals surface area (Å²) in [5.74, 6) is 0.623. The molecule has 0 bridgehead atoms. The highest BCUT2D eigenvalue weighted by atomic mass is 35.5. The molecule has 0 radical (unpaired) electrons. The Labute approximate surface area is 188 Å². The lowest BCUT2D eigenvalue weighted by molar-refractivity contribution is 0.101. The zero-order valence-electron chi connectivity index (χ0n) is 16.5. The smallest absolute Gasteiger partial charge is 0.278 e. The summed E-state index contributed by atoms with van der Waals surface area (Å²) in [7, 11) is 0. The van der Waals surface area contributed by atoms with Gasteiger partial charge in [-0.25, -0.2) is 0 Å². The zero-order chi connectivity index (χ0) is 21.8. The van der Waals surface area contributed by atoms with Gasteiger partial charge >= 0.3 is 0 Å². The molecular formula is C22H18Cl2N4O3. The quantitative estimate of drug-likeness (QED) is 0.404. The van der Waals surface area contributed by atoms with Gasteiger partial charge in [-0.2, -0.15) is 5.10 Å². The number of nitrogens with zero attached hydrogens (tertiary/aromatic N) is 3. The second-order valence-corrected chi connectivity index (χ2v) is 7.64. The van der Waals surface area contributed by atoms with Crippen molar-refractivity contribution >= 4 is 34.8 Å². The molecule has 0 saturated heterocycles. The highest BCUT2D eigenvalue weighted by Crippen LogP contribution is 2.25. The zero-order valence-corrected chi connectivity index (χ0v) is 18.0. The molecule has 0 atom stereocenters. The molecule has 0 aliphatic heterocycles. The summed E-state index contributed by atoms with van der Waals surface area (Å²) in [5.41, 5.74) is 2.30. The van der Waals surface area contributed by atoms with E-state index in [2.05, 4.69) is 15.6 Å². The van der Waals surface area contributed by atoms with E-state index >= 15 is 0 Å². The number of carbonyl (C=O) groups excluding carboxylic acids is 1. The second kappa shape index (κ2) is 9.24. The van der Waals surface area contributed by atoms with Crippen molar-refractivity contribution in [3.63, 3.8) is 0 Å². The highest BCUT2D eigenvalue weighted by Gasteiger charge is 2.21. The third kappa shape index (κ3) is 5.07. The molecule has 0 unspecified atom stereocenters. The van der Waals surface area contributed by atoms with Crippen molar-refractivity contribution in [3.05, 3.63) is 93.6 Å². The number of ether oxygens (including phenoxy) is 1. The predicted molar refractivity (Wildman–Crippen MR) is 118 cm³/mol. The van der Waals surface area contributed by atoms with Gasteiger partial charge in [0.15, 0.2) is 5.69 Å². The number of para-hydroxylation sites is 1. The first kappa shape index (κ1) is 21.0. The Morgan fingerprint density at radius 1 is 1.19 bits per heavy atom. The van der Waals surface area contributed by atoms with E-state index in [0.717, 1.165) is 5.56 Å². The average Bonchev–Trinajstić information content (AvgIpc) is 3.32. The summed E-state index contributed by atoms with van der Waals surface area (Å²) < 4.78 is 12.7. The Hall–Kier alpha value is -3.29. The maximum Gasteiger partial charge on any atom is 0.278 e. The van der Waals surface area contributed by atoms with E-state index in [4.69, 9.17) is 32.5 Å². The minimum atomic E-state index is -0.395. The number of carbonyl (C=O) groups is 1. The molecule has 1 N–H and O–H groups in total. The molecule has 158 valence electrons. The number of aromatic nitrogens is 3. The SMILES string of the molecule is Cc1onc(C(=O)Nc2cccc(Cn3cc(Cl)cn3)c2)c1COc1ccccc1Cl. The number of rotatable bonds is 7. The number of hydrogen-bond acceptors (Lipinski definition) is 5. The van der Waals surface area contributed by atoms with Gasteiger partial charge in [0.25, 0.3) is 5.91 Å². The molecular weight excluding hydrogens is 439 g/mol.